The Hall–Kier alpha value is -0.870. The van der Waals surface area contributed by atoms with Crippen molar-refractivity contribution in [1.82, 2.24) is 9.38 Å². The molecule has 3 rings (SSSR count). The van der Waals surface area contributed by atoms with Crippen molar-refractivity contribution in [3.63, 3.8) is 0 Å². The average Bonchev–Trinajstić information content (AvgIpc) is 3.04. The second-order valence-corrected chi connectivity index (χ2v) is 4.78. The van der Waals surface area contributed by atoms with E-state index in [1.165, 1.54) is 18.5 Å². The lowest BCUT2D eigenvalue weighted by molar-refractivity contribution is 1.03. The van der Waals surface area contributed by atoms with Gasteiger partial charge in [-0.1, -0.05) is 0 Å². The Morgan fingerprint density at radius 1 is 1.53 bits per heavy atom. The summed E-state index contributed by atoms with van der Waals surface area (Å²) in [4.78, 5) is 4.64. The van der Waals surface area contributed by atoms with Crippen LogP contribution in [0.1, 0.15) is 30.0 Å². The molecule has 0 atom stereocenters. The molecule has 0 bridgehead atoms. The number of hydrogen-bond donors (Lipinski definition) is 1. The molecule has 2 N–H and O–H groups in total. The SMILES string of the molecule is NCc1ccn2c(Br)c(C3CC3)nc2c1. The van der Waals surface area contributed by atoms with Gasteiger partial charge in [0, 0.05) is 18.7 Å². The van der Waals surface area contributed by atoms with E-state index in [4.69, 9.17) is 5.73 Å². The van der Waals surface area contributed by atoms with Crippen molar-refractivity contribution >= 4 is 21.6 Å². The van der Waals surface area contributed by atoms with E-state index in [9.17, 15) is 0 Å². The van der Waals surface area contributed by atoms with Crippen molar-refractivity contribution in [3.05, 3.63) is 34.2 Å². The molecular weight excluding hydrogens is 254 g/mol. The van der Waals surface area contributed by atoms with E-state index in [1.54, 1.807) is 0 Å². The predicted molar refractivity (Wildman–Crippen MR) is 62.8 cm³/mol. The molecule has 1 aliphatic carbocycles. The van der Waals surface area contributed by atoms with Crippen molar-refractivity contribution in [2.75, 3.05) is 0 Å². The fourth-order valence-corrected chi connectivity index (χ4v) is 2.53. The number of aromatic nitrogens is 2. The lowest BCUT2D eigenvalue weighted by Gasteiger charge is -1.98. The van der Waals surface area contributed by atoms with Crippen LogP contribution in [0, 0.1) is 0 Å². The summed E-state index contributed by atoms with van der Waals surface area (Å²) in [6.45, 7) is 0.569. The van der Waals surface area contributed by atoms with Crippen LogP contribution in [0.3, 0.4) is 0 Å². The monoisotopic (exact) mass is 265 g/mol. The number of pyridine rings is 1. The van der Waals surface area contributed by atoms with Gasteiger partial charge >= 0.3 is 0 Å². The molecule has 78 valence electrons. The fourth-order valence-electron chi connectivity index (χ4n) is 1.82. The highest BCUT2D eigenvalue weighted by atomic mass is 79.9. The van der Waals surface area contributed by atoms with Crippen LogP contribution in [-0.2, 0) is 6.54 Å². The Morgan fingerprint density at radius 3 is 3.00 bits per heavy atom. The zero-order valence-electron chi connectivity index (χ0n) is 8.28. The summed E-state index contributed by atoms with van der Waals surface area (Å²) in [5.41, 5.74) is 8.93. The summed E-state index contributed by atoms with van der Waals surface area (Å²) in [6.07, 6.45) is 4.57. The summed E-state index contributed by atoms with van der Waals surface area (Å²) in [6, 6.07) is 4.09. The third-order valence-electron chi connectivity index (χ3n) is 2.86. The number of nitrogens with two attached hydrogens (primary N) is 1. The van der Waals surface area contributed by atoms with Gasteiger partial charge in [0.1, 0.15) is 10.3 Å². The van der Waals surface area contributed by atoms with Crippen molar-refractivity contribution in [2.24, 2.45) is 5.73 Å². The molecule has 0 saturated heterocycles. The van der Waals surface area contributed by atoms with Crippen LogP contribution in [0.2, 0.25) is 0 Å². The van der Waals surface area contributed by atoms with E-state index < -0.39 is 0 Å². The summed E-state index contributed by atoms with van der Waals surface area (Å²) in [5.74, 6) is 0.667. The Labute approximate surface area is 96.4 Å². The third-order valence-corrected chi connectivity index (χ3v) is 3.64. The van der Waals surface area contributed by atoms with Gasteiger partial charge < -0.3 is 5.73 Å². The molecule has 0 amide bonds. The molecule has 0 aliphatic heterocycles. The normalized spacial score (nSPS) is 16.1. The van der Waals surface area contributed by atoms with E-state index in [1.807, 2.05) is 12.3 Å². The van der Waals surface area contributed by atoms with Crippen molar-refractivity contribution < 1.29 is 0 Å². The second-order valence-electron chi connectivity index (χ2n) is 4.03. The van der Waals surface area contributed by atoms with E-state index in [2.05, 4.69) is 31.4 Å². The lowest BCUT2D eigenvalue weighted by Crippen LogP contribution is -1.97. The van der Waals surface area contributed by atoms with E-state index in [0.717, 1.165) is 15.8 Å². The first-order valence-corrected chi connectivity index (χ1v) is 5.95. The first kappa shape index (κ1) is 9.36. The van der Waals surface area contributed by atoms with Gasteiger partial charge in [0.05, 0.1) is 5.69 Å². The minimum atomic E-state index is 0.569. The maximum Gasteiger partial charge on any atom is 0.138 e. The van der Waals surface area contributed by atoms with Gasteiger partial charge in [-0.05, 0) is 46.5 Å². The summed E-state index contributed by atoms with van der Waals surface area (Å²) >= 11 is 3.61. The lowest BCUT2D eigenvalue weighted by atomic mass is 10.3. The van der Waals surface area contributed by atoms with Gasteiger partial charge in [0.15, 0.2) is 0 Å². The van der Waals surface area contributed by atoms with Crippen LogP contribution in [0.25, 0.3) is 5.65 Å². The van der Waals surface area contributed by atoms with Crippen molar-refractivity contribution in [2.45, 2.75) is 25.3 Å². The van der Waals surface area contributed by atoms with Gasteiger partial charge in [-0.25, -0.2) is 4.98 Å². The van der Waals surface area contributed by atoms with Crippen LogP contribution in [0.15, 0.2) is 22.9 Å². The number of imidazole rings is 1. The summed E-state index contributed by atoms with van der Waals surface area (Å²) in [7, 11) is 0. The van der Waals surface area contributed by atoms with Gasteiger partial charge in [-0.2, -0.15) is 0 Å². The predicted octanol–water partition coefficient (Wildman–Crippen LogP) is 2.43. The van der Waals surface area contributed by atoms with Gasteiger partial charge in [0.2, 0.25) is 0 Å². The first-order chi connectivity index (χ1) is 7.29. The second kappa shape index (κ2) is 3.32. The van der Waals surface area contributed by atoms with Crippen LogP contribution < -0.4 is 5.73 Å². The topological polar surface area (TPSA) is 43.3 Å². The molecule has 0 spiro atoms. The average molecular weight is 266 g/mol. The van der Waals surface area contributed by atoms with Gasteiger partial charge in [0.25, 0.3) is 0 Å². The maximum absolute atomic E-state index is 5.61. The van der Waals surface area contributed by atoms with Crippen LogP contribution in [0.5, 0.6) is 0 Å². The standard InChI is InChI=1S/C11H12BrN3/c12-11-10(8-1-2-8)14-9-5-7(6-13)3-4-15(9)11/h3-5,8H,1-2,6,13H2. The summed E-state index contributed by atoms with van der Waals surface area (Å²) in [5, 5.41) is 0. The molecule has 1 aliphatic rings. The number of nitrogens with zero attached hydrogens (tertiary/aromatic N) is 2. The quantitative estimate of drug-likeness (QED) is 0.907. The minimum absolute atomic E-state index is 0.569. The van der Waals surface area contributed by atoms with Gasteiger partial charge in [-0.15, -0.1) is 0 Å². The molecular formula is C11H12BrN3. The maximum atomic E-state index is 5.61. The Balaban J connectivity index is 2.20. The van der Waals surface area contributed by atoms with Crippen molar-refractivity contribution in [1.29, 1.82) is 0 Å². The molecule has 4 heteroatoms. The van der Waals surface area contributed by atoms with E-state index in [-0.39, 0.29) is 0 Å². The minimum Gasteiger partial charge on any atom is -0.326 e. The third kappa shape index (κ3) is 1.48. The zero-order chi connectivity index (χ0) is 10.4. The van der Waals surface area contributed by atoms with E-state index >= 15 is 0 Å². The van der Waals surface area contributed by atoms with Crippen LogP contribution in [0.4, 0.5) is 0 Å². The molecule has 2 heterocycles. The molecule has 0 radical (unpaired) electrons. The first-order valence-electron chi connectivity index (χ1n) is 5.16. The number of fused-ring (bicyclic) bond motifs is 1. The molecule has 2 aromatic heterocycles. The molecule has 2 aromatic rings. The molecule has 3 nitrogen and oxygen atoms in total. The highest BCUT2D eigenvalue weighted by Crippen LogP contribution is 2.42. The number of hydrogen-bond acceptors (Lipinski definition) is 2. The largest absolute Gasteiger partial charge is 0.326 e. The number of rotatable bonds is 2. The molecule has 0 unspecified atom stereocenters. The molecule has 1 fully saturated rings. The fraction of sp³-hybridized carbons (Fsp3) is 0.364. The molecule has 0 aromatic carbocycles. The van der Waals surface area contributed by atoms with Crippen molar-refractivity contribution in [3.8, 4) is 0 Å². The summed E-state index contributed by atoms with van der Waals surface area (Å²) < 4.78 is 3.18. The smallest absolute Gasteiger partial charge is 0.138 e. The number of halogens is 1. The molecule has 1 saturated carbocycles. The Morgan fingerprint density at radius 2 is 2.33 bits per heavy atom. The van der Waals surface area contributed by atoms with Crippen LogP contribution >= 0.6 is 15.9 Å². The highest BCUT2D eigenvalue weighted by Gasteiger charge is 2.29. The Kier molecular flexibility index (Phi) is 2.07. The van der Waals surface area contributed by atoms with Crippen LogP contribution in [-0.4, -0.2) is 9.38 Å². The van der Waals surface area contributed by atoms with E-state index in [0.29, 0.717) is 12.5 Å². The Bertz CT molecular complexity index is 514. The molecule has 15 heavy (non-hydrogen) atoms. The van der Waals surface area contributed by atoms with Gasteiger partial charge in [-0.3, -0.25) is 4.40 Å². The zero-order valence-corrected chi connectivity index (χ0v) is 9.87. The highest BCUT2D eigenvalue weighted by molar-refractivity contribution is 9.10.